The molecule has 0 amide bonds. The Morgan fingerprint density at radius 3 is 2.69 bits per heavy atom. The van der Waals surface area contributed by atoms with E-state index >= 15 is 0 Å². The molecule has 2 saturated heterocycles. The lowest BCUT2D eigenvalue weighted by atomic mass is 10.0. The molecule has 3 heteroatoms. The molecular weight excluding hydrogens is 200 g/mol. The van der Waals surface area contributed by atoms with Crippen LogP contribution >= 0.6 is 0 Å². The number of fused-ring (bicyclic) bond motifs is 2. The quantitative estimate of drug-likeness (QED) is 0.786. The van der Waals surface area contributed by atoms with Crippen LogP contribution in [0.1, 0.15) is 33.1 Å². The van der Waals surface area contributed by atoms with Gasteiger partial charge in [-0.05, 0) is 25.2 Å². The highest BCUT2D eigenvalue weighted by molar-refractivity contribution is 4.91. The largest absolute Gasteiger partial charge is 0.383 e. The van der Waals surface area contributed by atoms with Crippen molar-refractivity contribution in [2.24, 2.45) is 5.92 Å². The van der Waals surface area contributed by atoms with Gasteiger partial charge in [0.15, 0.2) is 0 Å². The highest BCUT2D eigenvalue weighted by Gasteiger charge is 2.32. The fourth-order valence-corrected chi connectivity index (χ4v) is 3.16. The topological polar surface area (TPSA) is 24.5 Å². The standard InChI is InChI=1S/C13H26N2O/c1-10(2)13(9-16-3)15-7-6-11-4-5-12(8-15)14-11/h10-14H,4-9H2,1-3H3. The first kappa shape index (κ1) is 12.3. The van der Waals surface area contributed by atoms with Crippen LogP contribution in [0.2, 0.25) is 0 Å². The van der Waals surface area contributed by atoms with E-state index in [2.05, 4.69) is 24.1 Å². The molecule has 0 aromatic rings. The number of nitrogens with zero attached hydrogens (tertiary/aromatic N) is 1. The number of hydrogen-bond donors (Lipinski definition) is 1. The van der Waals surface area contributed by atoms with E-state index in [4.69, 9.17) is 4.74 Å². The molecule has 16 heavy (non-hydrogen) atoms. The zero-order valence-corrected chi connectivity index (χ0v) is 10.9. The fourth-order valence-electron chi connectivity index (χ4n) is 3.16. The molecule has 0 spiro atoms. The first-order valence-corrected chi connectivity index (χ1v) is 6.69. The summed E-state index contributed by atoms with van der Waals surface area (Å²) in [6.45, 7) is 7.93. The van der Waals surface area contributed by atoms with Crippen LogP contribution in [0.4, 0.5) is 0 Å². The molecule has 1 N–H and O–H groups in total. The SMILES string of the molecule is COCC(C(C)C)N1CCC2CCC(C1)N2. The number of nitrogens with one attached hydrogen (secondary N) is 1. The van der Waals surface area contributed by atoms with Crippen LogP contribution in [0.25, 0.3) is 0 Å². The number of hydrogen-bond acceptors (Lipinski definition) is 3. The van der Waals surface area contributed by atoms with E-state index < -0.39 is 0 Å². The summed E-state index contributed by atoms with van der Waals surface area (Å²) >= 11 is 0. The minimum absolute atomic E-state index is 0.589. The van der Waals surface area contributed by atoms with Gasteiger partial charge in [-0.15, -0.1) is 0 Å². The van der Waals surface area contributed by atoms with Crippen LogP contribution in [0.15, 0.2) is 0 Å². The van der Waals surface area contributed by atoms with Gasteiger partial charge in [0.1, 0.15) is 0 Å². The van der Waals surface area contributed by atoms with Crippen LogP contribution in [0, 0.1) is 5.92 Å². The predicted molar refractivity (Wildman–Crippen MR) is 66.6 cm³/mol. The van der Waals surface area contributed by atoms with Gasteiger partial charge >= 0.3 is 0 Å². The maximum absolute atomic E-state index is 5.38. The Labute approximate surface area is 99.5 Å². The van der Waals surface area contributed by atoms with Crippen molar-refractivity contribution < 1.29 is 4.74 Å². The third-order valence-corrected chi connectivity index (χ3v) is 4.13. The summed E-state index contributed by atoms with van der Waals surface area (Å²) in [5, 5.41) is 3.74. The Kier molecular flexibility index (Phi) is 4.22. The molecule has 94 valence electrons. The molecule has 3 unspecified atom stereocenters. The minimum Gasteiger partial charge on any atom is -0.383 e. The highest BCUT2D eigenvalue weighted by atomic mass is 16.5. The van der Waals surface area contributed by atoms with Gasteiger partial charge in [-0.3, -0.25) is 4.90 Å². The summed E-state index contributed by atoms with van der Waals surface area (Å²) < 4.78 is 5.38. The Morgan fingerprint density at radius 2 is 2.00 bits per heavy atom. The van der Waals surface area contributed by atoms with Gasteiger partial charge < -0.3 is 10.1 Å². The fraction of sp³-hybridized carbons (Fsp3) is 1.00. The van der Waals surface area contributed by atoms with E-state index in [1.807, 2.05) is 7.11 Å². The zero-order chi connectivity index (χ0) is 11.5. The molecule has 0 saturated carbocycles. The molecule has 3 nitrogen and oxygen atoms in total. The van der Waals surface area contributed by atoms with Crippen LogP contribution in [0.5, 0.6) is 0 Å². The smallest absolute Gasteiger partial charge is 0.0620 e. The molecule has 0 radical (unpaired) electrons. The number of rotatable bonds is 4. The average molecular weight is 226 g/mol. The summed E-state index contributed by atoms with van der Waals surface area (Å²) in [4.78, 5) is 2.64. The summed E-state index contributed by atoms with van der Waals surface area (Å²) in [5.74, 6) is 0.677. The lowest BCUT2D eigenvalue weighted by Gasteiger charge is -2.34. The van der Waals surface area contributed by atoms with E-state index in [0.29, 0.717) is 12.0 Å². The summed E-state index contributed by atoms with van der Waals surface area (Å²) in [6.07, 6.45) is 4.05. The van der Waals surface area contributed by atoms with Gasteiger partial charge in [0.05, 0.1) is 6.61 Å². The first-order valence-electron chi connectivity index (χ1n) is 6.69. The minimum atomic E-state index is 0.589. The highest BCUT2D eigenvalue weighted by Crippen LogP contribution is 2.23. The van der Waals surface area contributed by atoms with Gasteiger partial charge in [0.25, 0.3) is 0 Å². The van der Waals surface area contributed by atoms with Gasteiger partial charge in [-0.1, -0.05) is 13.8 Å². The normalized spacial score (nSPS) is 33.0. The van der Waals surface area contributed by atoms with E-state index in [1.54, 1.807) is 0 Å². The van der Waals surface area contributed by atoms with Crippen LogP contribution < -0.4 is 5.32 Å². The van der Waals surface area contributed by atoms with Crippen LogP contribution in [-0.2, 0) is 4.74 Å². The third kappa shape index (κ3) is 2.76. The van der Waals surface area contributed by atoms with Gasteiger partial charge in [0, 0.05) is 38.3 Å². The van der Waals surface area contributed by atoms with E-state index in [-0.39, 0.29) is 0 Å². The lowest BCUT2D eigenvalue weighted by molar-refractivity contribution is 0.0613. The summed E-state index contributed by atoms with van der Waals surface area (Å²) in [6, 6.07) is 2.10. The van der Waals surface area contributed by atoms with Crippen molar-refractivity contribution in [1.82, 2.24) is 10.2 Å². The summed E-state index contributed by atoms with van der Waals surface area (Å²) in [7, 11) is 1.82. The number of methoxy groups -OCH3 is 1. The van der Waals surface area contributed by atoms with Crippen molar-refractivity contribution in [2.45, 2.75) is 51.2 Å². The van der Waals surface area contributed by atoms with E-state index in [0.717, 1.165) is 18.7 Å². The zero-order valence-electron chi connectivity index (χ0n) is 10.9. The monoisotopic (exact) mass is 226 g/mol. The predicted octanol–water partition coefficient (Wildman–Crippen LogP) is 1.48. The van der Waals surface area contributed by atoms with Gasteiger partial charge in [-0.2, -0.15) is 0 Å². The Hall–Kier alpha value is -0.120. The van der Waals surface area contributed by atoms with Crippen molar-refractivity contribution in [2.75, 3.05) is 26.8 Å². The molecule has 2 bridgehead atoms. The molecule has 3 atom stereocenters. The van der Waals surface area contributed by atoms with Crippen molar-refractivity contribution in [3.05, 3.63) is 0 Å². The van der Waals surface area contributed by atoms with Crippen LogP contribution in [-0.4, -0.2) is 49.8 Å². The third-order valence-electron chi connectivity index (χ3n) is 4.13. The van der Waals surface area contributed by atoms with Crippen molar-refractivity contribution in [1.29, 1.82) is 0 Å². The van der Waals surface area contributed by atoms with Crippen molar-refractivity contribution >= 4 is 0 Å². The summed E-state index contributed by atoms with van der Waals surface area (Å²) in [5.41, 5.74) is 0. The molecule has 0 aliphatic carbocycles. The first-order chi connectivity index (χ1) is 7.70. The second kappa shape index (κ2) is 5.48. The average Bonchev–Trinajstić information content (AvgIpc) is 2.56. The van der Waals surface area contributed by atoms with Crippen molar-refractivity contribution in [3.63, 3.8) is 0 Å². The molecule has 2 aliphatic rings. The Bertz CT molecular complexity index is 220. The molecule has 2 fully saturated rings. The molecule has 2 aliphatic heterocycles. The van der Waals surface area contributed by atoms with E-state index in [1.165, 1.54) is 32.4 Å². The van der Waals surface area contributed by atoms with Crippen molar-refractivity contribution in [3.8, 4) is 0 Å². The maximum atomic E-state index is 5.38. The molecular formula is C13H26N2O. The van der Waals surface area contributed by atoms with E-state index in [9.17, 15) is 0 Å². The van der Waals surface area contributed by atoms with Gasteiger partial charge in [0.2, 0.25) is 0 Å². The molecule has 2 rings (SSSR count). The second-order valence-corrected chi connectivity index (χ2v) is 5.69. The number of ether oxygens (including phenoxy) is 1. The molecule has 0 aromatic carbocycles. The number of likely N-dealkylation sites (tertiary alicyclic amines) is 1. The van der Waals surface area contributed by atoms with Gasteiger partial charge in [-0.25, -0.2) is 0 Å². The maximum Gasteiger partial charge on any atom is 0.0620 e. The van der Waals surface area contributed by atoms with Crippen LogP contribution in [0.3, 0.4) is 0 Å². The Morgan fingerprint density at radius 1 is 1.25 bits per heavy atom. The lowest BCUT2D eigenvalue weighted by Crippen LogP contribution is -2.46. The second-order valence-electron chi connectivity index (χ2n) is 5.69. The Balaban J connectivity index is 1.96. The molecule has 0 aromatic heterocycles. The molecule has 2 heterocycles.